The molecule has 0 heterocycles. The number of benzene rings is 1. The number of carbonyl (C=O) groups is 2. The Hall–Kier alpha value is -0.810. The third-order valence-corrected chi connectivity index (χ3v) is 4.13. The number of carbonyl (C=O) groups excluding carboxylic acids is 2. The van der Waals surface area contributed by atoms with Crippen molar-refractivity contribution in [2.24, 2.45) is 5.92 Å². The standard InChI is InChI=1S/C14H17BrO3S/c1-3-12(14(17)18-4-2)13(16)9-19-11-7-5-10(15)6-8-11/h5-8,12H,3-4,9H2,1-2H3. The van der Waals surface area contributed by atoms with E-state index in [2.05, 4.69) is 15.9 Å². The highest BCUT2D eigenvalue weighted by atomic mass is 79.9. The van der Waals surface area contributed by atoms with Crippen LogP contribution in [-0.4, -0.2) is 24.1 Å². The Morgan fingerprint density at radius 1 is 1.26 bits per heavy atom. The van der Waals surface area contributed by atoms with Gasteiger partial charge in [-0.05, 0) is 37.6 Å². The first-order chi connectivity index (χ1) is 9.08. The fraction of sp³-hybridized carbons (Fsp3) is 0.429. The van der Waals surface area contributed by atoms with Crippen molar-refractivity contribution in [3.05, 3.63) is 28.7 Å². The predicted octanol–water partition coefficient (Wildman–Crippen LogP) is 3.70. The molecule has 104 valence electrons. The van der Waals surface area contributed by atoms with Gasteiger partial charge in [-0.15, -0.1) is 11.8 Å². The van der Waals surface area contributed by atoms with Crippen LogP contribution in [0.4, 0.5) is 0 Å². The van der Waals surface area contributed by atoms with Gasteiger partial charge in [0.2, 0.25) is 0 Å². The van der Waals surface area contributed by atoms with E-state index in [0.717, 1.165) is 9.37 Å². The van der Waals surface area contributed by atoms with E-state index in [1.54, 1.807) is 6.92 Å². The van der Waals surface area contributed by atoms with Crippen molar-refractivity contribution < 1.29 is 14.3 Å². The van der Waals surface area contributed by atoms with E-state index in [1.165, 1.54) is 11.8 Å². The van der Waals surface area contributed by atoms with Crippen LogP contribution >= 0.6 is 27.7 Å². The molecule has 1 aromatic rings. The van der Waals surface area contributed by atoms with Crippen molar-refractivity contribution in [2.75, 3.05) is 12.4 Å². The maximum absolute atomic E-state index is 12.0. The highest BCUT2D eigenvalue weighted by molar-refractivity contribution is 9.10. The molecular weight excluding hydrogens is 328 g/mol. The van der Waals surface area contributed by atoms with Crippen molar-refractivity contribution in [2.45, 2.75) is 25.2 Å². The Morgan fingerprint density at radius 2 is 1.89 bits per heavy atom. The van der Waals surface area contributed by atoms with Gasteiger partial charge in [-0.3, -0.25) is 9.59 Å². The largest absolute Gasteiger partial charge is 0.465 e. The zero-order valence-electron chi connectivity index (χ0n) is 11.0. The van der Waals surface area contributed by atoms with Crippen LogP contribution in [-0.2, 0) is 14.3 Å². The van der Waals surface area contributed by atoms with Gasteiger partial charge < -0.3 is 4.74 Å². The zero-order valence-corrected chi connectivity index (χ0v) is 13.4. The fourth-order valence-corrected chi connectivity index (χ4v) is 2.66. The Kier molecular flexibility index (Phi) is 7.16. The van der Waals surface area contributed by atoms with Gasteiger partial charge in [0.25, 0.3) is 0 Å². The van der Waals surface area contributed by atoms with Gasteiger partial charge in [-0.2, -0.15) is 0 Å². The third kappa shape index (κ3) is 5.37. The van der Waals surface area contributed by atoms with E-state index >= 15 is 0 Å². The van der Waals surface area contributed by atoms with Gasteiger partial charge in [0.05, 0.1) is 12.4 Å². The smallest absolute Gasteiger partial charge is 0.316 e. The Morgan fingerprint density at radius 3 is 2.42 bits per heavy atom. The molecule has 0 aromatic heterocycles. The summed E-state index contributed by atoms with van der Waals surface area (Å²) in [6.07, 6.45) is 0.485. The van der Waals surface area contributed by atoms with Gasteiger partial charge in [0.1, 0.15) is 5.92 Å². The molecule has 0 spiro atoms. The SMILES string of the molecule is CCOC(=O)C(CC)C(=O)CSc1ccc(Br)cc1. The Labute approximate surface area is 126 Å². The second-order valence-electron chi connectivity index (χ2n) is 3.92. The van der Waals surface area contributed by atoms with Gasteiger partial charge >= 0.3 is 5.97 Å². The molecule has 0 fully saturated rings. The minimum Gasteiger partial charge on any atom is -0.465 e. The first kappa shape index (κ1) is 16.2. The summed E-state index contributed by atoms with van der Waals surface area (Å²) in [6, 6.07) is 7.73. The molecule has 0 N–H and O–H groups in total. The molecule has 1 unspecified atom stereocenters. The molecule has 0 amide bonds. The number of hydrogen-bond donors (Lipinski definition) is 0. The van der Waals surface area contributed by atoms with Crippen LogP contribution in [0.25, 0.3) is 0 Å². The summed E-state index contributed by atoms with van der Waals surface area (Å²) in [5, 5.41) is 0. The van der Waals surface area contributed by atoms with E-state index < -0.39 is 11.9 Å². The average molecular weight is 345 g/mol. The van der Waals surface area contributed by atoms with Crippen molar-refractivity contribution in [1.82, 2.24) is 0 Å². The molecule has 0 aliphatic carbocycles. The zero-order chi connectivity index (χ0) is 14.3. The molecule has 1 rings (SSSR count). The summed E-state index contributed by atoms with van der Waals surface area (Å²) in [5.41, 5.74) is 0. The van der Waals surface area contributed by atoms with E-state index in [9.17, 15) is 9.59 Å². The highest BCUT2D eigenvalue weighted by Crippen LogP contribution is 2.22. The summed E-state index contributed by atoms with van der Waals surface area (Å²) in [4.78, 5) is 24.6. The molecule has 0 radical (unpaired) electrons. The molecule has 0 saturated carbocycles. The lowest BCUT2D eigenvalue weighted by Crippen LogP contribution is -2.27. The lowest BCUT2D eigenvalue weighted by atomic mass is 10.0. The topological polar surface area (TPSA) is 43.4 Å². The Bertz CT molecular complexity index is 431. The summed E-state index contributed by atoms with van der Waals surface area (Å²) >= 11 is 4.80. The van der Waals surface area contributed by atoms with Crippen LogP contribution < -0.4 is 0 Å². The van der Waals surface area contributed by atoms with Gasteiger partial charge in [0, 0.05) is 9.37 Å². The lowest BCUT2D eigenvalue weighted by Gasteiger charge is -2.12. The van der Waals surface area contributed by atoms with E-state index in [4.69, 9.17) is 4.74 Å². The number of ether oxygens (including phenoxy) is 1. The first-order valence-corrected chi connectivity index (χ1v) is 7.94. The maximum Gasteiger partial charge on any atom is 0.316 e. The van der Waals surface area contributed by atoms with Crippen molar-refractivity contribution >= 4 is 39.4 Å². The summed E-state index contributed by atoms with van der Waals surface area (Å²) in [6.45, 7) is 3.87. The fourth-order valence-electron chi connectivity index (χ4n) is 1.55. The van der Waals surface area contributed by atoms with Crippen molar-refractivity contribution in [1.29, 1.82) is 0 Å². The predicted molar refractivity (Wildman–Crippen MR) is 80.3 cm³/mol. The summed E-state index contributed by atoms with van der Waals surface area (Å²) in [7, 11) is 0. The van der Waals surface area contributed by atoms with Gasteiger partial charge in [-0.1, -0.05) is 22.9 Å². The average Bonchev–Trinajstić information content (AvgIpc) is 2.39. The molecular formula is C14H17BrO3S. The molecule has 0 bridgehead atoms. The molecule has 0 saturated heterocycles. The van der Waals surface area contributed by atoms with Crippen LogP contribution in [0, 0.1) is 5.92 Å². The van der Waals surface area contributed by atoms with Crippen LogP contribution in [0.2, 0.25) is 0 Å². The minimum atomic E-state index is -0.636. The number of ketones is 1. The number of esters is 1. The number of rotatable bonds is 7. The van der Waals surface area contributed by atoms with Gasteiger partial charge in [0.15, 0.2) is 5.78 Å². The van der Waals surface area contributed by atoms with Crippen molar-refractivity contribution in [3.8, 4) is 0 Å². The van der Waals surface area contributed by atoms with Crippen LogP contribution in [0.1, 0.15) is 20.3 Å². The first-order valence-electron chi connectivity index (χ1n) is 6.16. The number of halogens is 1. The highest BCUT2D eigenvalue weighted by Gasteiger charge is 2.25. The van der Waals surface area contributed by atoms with Gasteiger partial charge in [-0.25, -0.2) is 0 Å². The van der Waals surface area contributed by atoms with E-state index in [1.807, 2.05) is 31.2 Å². The second-order valence-corrected chi connectivity index (χ2v) is 5.89. The van der Waals surface area contributed by atoms with Crippen LogP contribution in [0.3, 0.4) is 0 Å². The quantitative estimate of drug-likeness (QED) is 0.429. The molecule has 3 nitrogen and oxygen atoms in total. The van der Waals surface area contributed by atoms with Crippen LogP contribution in [0.5, 0.6) is 0 Å². The molecule has 0 aliphatic heterocycles. The van der Waals surface area contributed by atoms with E-state index in [-0.39, 0.29) is 5.78 Å². The normalized spacial score (nSPS) is 11.9. The minimum absolute atomic E-state index is 0.0751. The maximum atomic E-state index is 12.0. The van der Waals surface area contributed by atoms with E-state index in [0.29, 0.717) is 18.8 Å². The van der Waals surface area contributed by atoms with Crippen molar-refractivity contribution in [3.63, 3.8) is 0 Å². The molecule has 5 heteroatoms. The second kappa shape index (κ2) is 8.38. The molecule has 1 atom stereocenters. The number of thioether (sulfide) groups is 1. The number of hydrogen-bond acceptors (Lipinski definition) is 4. The molecule has 19 heavy (non-hydrogen) atoms. The molecule has 1 aromatic carbocycles. The monoisotopic (exact) mass is 344 g/mol. The summed E-state index contributed by atoms with van der Waals surface area (Å²) < 4.78 is 5.91. The van der Waals surface area contributed by atoms with Crippen LogP contribution in [0.15, 0.2) is 33.6 Å². The third-order valence-electron chi connectivity index (χ3n) is 2.56. The lowest BCUT2D eigenvalue weighted by molar-refractivity contribution is -0.151. The number of Topliss-reactive ketones (excluding diaryl/α,β-unsaturated/α-hetero) is 1. The molecule has 0 aliphatic rings. The summed E-state index contributed by atoms with van der Waals surface area (Å²) in [5.74, 6) is -0.831. The Balaban J connectivity index is 2.53.